The van der Waals surface area contributed by atoms with E-state index >= 15 is 0 Å². The monoisotopic (exact) mass is 391 g/mol. The number of aromatic nitrogens is 1. The summed E-state index contributed by atoms with van der Waals surface area (Å²) in [6, 6.07) is 4.45. The van der Waals surface area contributed by atoms with Gasteiger partial charge in [-0.2, -0.15) is 0 Å². The first-order valence-corrected chi connectivity index (χ1v) is 10.5. The predicted octanol–water partition coefficient (Wildman–Crippen LogP) is 2.28. The number of nitrogens with one attached hydrogen (secondary N) is 2. The van der Waals surface area contributed by atoms with Crippen molar-refractivity contribution >= 4 is 5.96 Å². The first-order chi connectivity index (χ1) is 13.6. The van der Waals surface area contributed by atoms with Crippen molar-refractivity contribution in [1.82, 2.24) is 20.5 Å². The molecule has 1 atom stereocenters. The van der Waals surface area contributed by atoms with E-state index in [0.29, 0.717) is 31.0 Å². The summed E-state index contributed by atoms with van der Waals surface area (Å²) in [4.78, 5) is 11.3. The average Bonchev–Trinajstić information content (AvgIpc) is 2.72. The summed E-state index contributed by atoms with van der Waals surface area (Å²) >= 11 is 0. The number of hydrogen-bond donors (Lipinski definition) is 2. The van der Waals surface area contributed by atoms with E-state index in [1.807, 2.05) is 12.1 Å². The van der Waals surface area contributed by atoms with E-state index in [1.165, 1.54) is 0 Å². The fraction of sp³-hybridized carbons (Fsp3) is 0.714. The lowest BCUT2D eigenvalue weighted by molar-refractivity contribution is 0.0132. The number of nitrogens with zero attached hydrogens (tertiary/aromatic N) is 3. The zero-order valence-corrected chi connectivity index (χ0v) is 17.9. The lowest BCUT2D eigenvalue weighted by Crippen LogP contribution is -2.51. The molecule has 2 heterocycles. The molecule has 1 unspecified atom stereocenters. The number of rotatable bonds is 10. The Morgan fingerprint density at radius 1 is 1.32 bits per heavy atom. The third kappa shape index (κ3) is 7.64. The molecule has 1 saturated heterocycles. The molecule has 7 heteroatoms. The van der Waals surface area contributed by atoms with Gasteiger partial charge in [-0.05, 0) is 24.8 Å². The van der Waals surface area contributed by atoms with Gasteiger partial charge in [0, 0.05) is 51.0 Å². The highest BCUT2D eigenvalue weighted by atomic mass is 16.5. The molecule has 1 fully saturated rings. The Bertz CT molecular complexity index is 588. The summed E-state index contributed by atoms with van der Waals surface area (Å²) in [6.45, 7) is 12.5. The van der Waals surface area contributed by atoms with Crippen LogP contribution in [0.2, 0.25) is 0 Å². The molecule has 0 saturated carbocycles. The van der Waals surface area contributed by atoms with Gasteiger partial charge in [0.05, 0.1) is 19.8 Å². The van der Waals surface area contributed by atoms with Crippen molar-refractivity contribution in [3.63, 3.8) is 0 Å². The molecule has 158 valence electrons. The second kappa shape index (κ2) is 12.6. The van der Waals surface area contributed by atoms with E-state index in [0.717, 1.165) is 57.2 Å². The topological polar surface area (TPSA) is 71.0 Å². The molecule has 7 nitrogen and oxygen atoms in total. The van der Waals surface area contributed by atoms with Crippen LogP contribution >= 0.6 is 0 Å². The summed E-state index contributed by atoms with van der Waals surface area (Å²) in [5.74, 6) is 2.14. The van der Waals surface area contributed by atoms with Crippen LogP contribution in [-0.4, -0.2) is 68.4 Å². The van der Waals surface area contributed by atoms with Crippen LogP contribution < -0.4 is 15.4 Å². The molecule has 1 aromatic rings. The van der Waals surface area contributed by atoms with Gasteiger partial charge in [0.1, 0.15) is 0 Å². The van der Waals surface area contributed by atoms with Crippen LogP contribution in [0.15, 0.2) is 23.3 Å². The Hall–Kier alpha value is -1.86. The fourth-order valence-corrected chi connectivity index (χ4v) is 3.35. The number of pyridine rings is 1. The van der Waals surface area contributed by atoms with Crippen LogP contribution in [0.1, 0.15) is 39.2 Å². The third-order valence-electron chi connectivity index (χ3n) is 4.77. The number of guanidine groups is 1. The maximum Gasteiger partial charge on any atom is 0.218 e. The first-order valence-electron chi connectivity index (χ1n) is 10.5. The quantitative estimate of drug-likeness (QED) is 0.471. The van der Waals surface area contributed by atoms with Crippen LogP contribution in [0.5, 0.6) is 5.88 Å². The molecule has 28 heavy (non-hydrogen) atoms. The van der Waals surface area contributed by atoms with Gasteiger partial charge in [-0.15, -0.1) is 0 Å². The number of aliphatic imine (C=N–C) groups is 1. The van der Waals surface area contributed by atoms with Gasteiger partial charge in [0.15, 0.2) is 5.96 Å². The Morgan fingerprint density at radius 3 is 2.79 bits per heavy atom. The number of ether oxygens (including phenoxy) is 2. The van der Waals surface area contributed by atoms with Crippen molar-refractivity contribution < 1.29 is 9.47 Å². The molecular weight excluding hydrogens is 354 g/mol. The van der Waals surface area contributed by atoms with E-state index < -0.39 is 0 Å². The predicted molar refractivity (Wildman–Crippen MR) is 114 cm³/mol. The van der Waals surface area contributed by atoms with Crippen LogP contribution in [0, 0.1) is 5.92 Å². The van der Waals surface area contributed by atoms with E-state index in [2.05, 4.69) is 46.3 Å². The molecule has 1 aliphatic heterocycles. The van der Waals surface area contributed by atoms with Crippen molar-refractivity contribution in [2.45, 2.75) is 46.2 Å². The highest BCUT2D eigenvalue weighted by molar-refractivity contribution is 5.79. The minimum absolute atomic E-state index is 0.476. The minimum atomic E-state index is 0.476. The lowest BCUT2D eigenvalue weighted by Gasteiger charge is -2.35. The Kier molecular flexibility index (Phi) is 10.1. The highest BCUT2D eigenvalue weighted by Crippen LogP contribution is 2.15. The summed E-state index contributed by atoms with van der Waals surface area (Å²) < 4.78 is 11.3. The van der Waals surface area contributed by atoms with Gasteiger partial charge >= 0.3 is 0 Å². The van der Waals surface area contributed by atoms with E-state index in [1.54, 1.807) is 13.2 Å². The second-order valence-corrected chi connectivity index (χ2v) is 7.55. The van der Waals surface area contributed by atoms with E-state index in [-0.39, 0.29) is 0 Å². The van der Waals surface area contributed by atoms with E-state index in [4.69, 9.17) is 9.47 Å². The molecule has 2 rings (SSSR count). The lowest BCUT2D eigenvalue weighted by atomic mass is 10.0. The Balaban J connectivity index is 1.89. The zero-order valence-electron chi connectivity index (χ0n) is 17.9. The zero-order chi connectivity index (χ0) is 20.2. The van der Waals surface area contributed by atoms with Crippen molar-refractivity contribution in [3.8, 4) is 5.88 Å². The van der Waals surface area contributed by atoms with Gasteiger partial charge in [-0.25, -0.2) is 4.98 Å². The first kappa shape index (κ1) is 22.4. The van der Waals surface area contributed by atoms with E-state index in [9.17, 15) is 0 Å². The maximum absolute atomic E-state index is 5.74. The third-order valence-corrected chi connectivity index (χ3v) is 4.77. The summed E-state index contributed by atoms with van der Waals surface area (Å²) in [6.07, 6.45) is 3.88. The molecule has 0 bridgehead atoms. The number of morpholine rings is 1. The standard InChI is InChI=1S/C21H37N5O2/c1-5-11-28-20-18(7-6-8-23-20)15-24-21(22-4)25-16-19(14-17(2)3)26-9-12-27-13-10-26/h6-8,17,19H,5,9-16H2,1-4H3,(H2,22,24,25). The van der Waals surface area contributed by atoms with Crippen LogP contribution in [0.3, 0.4) is 0 Å². The maximum atomic E-state index is 5.74. The molecule has 0 amide bonds. The average molecular weight is 392 g/mol. The Labute approximate surface area is 169 Å². The highest BCUT2D eigenvalue weighted by Gasteiger charge is 2.22. The van der Waals surface area contributed by atoms with Crippen molar-refractivity contribution in [3.05, 3.63) is 23.9 Å². The summed E-state index contributed by atoms with van der Waals surface area (Å²) in [5.41, 5.74) is 1.03. The van der Waals surface area contributed by atoms with Gasteiger partial charge in [-0.1, -0.05) is 26.8 Å². The molecule has 0 radical (unpaired) electrons. The molecule has 0 aliphatic carbocycles. The van der Waals surface area contributed by atoms with Crippen LogP contribution in [-0.2, 0) is 11.3 Å². The largest absolute Gasteiger partial charge is 0.477 e. The molecule has 2 N–H and O–H groups in total. The van der Waals surface area contributed by atoms with Gasteiger partial charge in [0.25, 0.3) is 0 Å². The smallest absolute Gasteiger partial charge is 0.218 e. The Morgan fingerprint density at radius 2 is 2.11 bits per heavy atom. The fourth-order valence-electron chi connectivity index (χ4n) is 3.35. The van der Waals surface area contributed by atoms with Gasteiger partial charge in [-0.3, -0.25) is 9.89 Å². The SMILES string of the molecule is CCCOc1ncccc1CNC(=NC)NCC(CC(C)C)N1CCOCC1. The van der Waals surface area contributed by atoms with Crippen LogP contribution in [0.4, 0.5) is 0 Å². The minimum Gasteiger partial charge on any atom is -0.477 e. The van der Waals surface area contributed by atoms with Gasteiger partial charge < -0.3 is 20.1 Å². The van der Waals surface area contributed by atoms with Crippen molar-refractivity contribution in [2.24, 2.45) is 10.9 Å². The van der Waals surface area contributed by atoms with Crippen molar-refractivity contribution in [1.29, 1.82) is 0 Å². The summed E-state index contributed by atoms with van der Waals surface area (Å²) in [5, 5.41) is 6.89. The molecule has 0 spiro atoms. The molecule has 0 aromatic carbocycles. The molecule has 1 aliphatic rings. The van der Waals surface area contributed by atoms with Gasteiger partial charge in [0.2, 0.25) is 5.88 Å². The van der Waals surface area contributed by atoms with Crippen molar-refractivity contribution in [2.75, 3.05) is 46.5 Å². The molecular formula is C21H37N5O2. The second-order valence-electron chi connectivity index (χ2n) is 7.55. The summed E-state index contributed by atoms with van der Waals surface area (Å²) in [7, 11) is 1.80. The molecule has 1 aromatic heterocycles. The van der Waals surface area contributed by atoms with Crippen LogP contribution in [0.25, 0.3) is 0 Å². The normalized spacial score (nSPS) is 16.8. The number of hydrogen-bond acceptors (Lipinski definition) is 5.